The van der Waals surface area contributed by atoms with E-state index in [9.17, 15) is 0 Å². The van der Waals surface area contributed by atoms with Crippen LogP contribution in [0, 0.1) is 13.0 Å². The number of aryl methyl sites for hydroxylation is 1. The van der Waals surface area contributed by atoms with E-state index in [1.165, 1.54) is 27.8 Å². The van der Waals surface area contributed by atoms with Gasteiger partial charge in [0.05, 0.1) is 0 Å². The summed E-state index contributed by atoms with van der Waals surface area (Å²) < 4.78 is 0. The fraction of sp³-hybridized carbons (Fsp3) is 0.0526. The molecule has 0 spiro atoms. The van der Waals surface area contributed by atoms with E-state index in [2.05, 4.69) is 73.7 Å². The van der Waals surface area contributed by atoms with E-state index in [4.69, 9.17) is 0 Å². The Hall–Kier alpha value is -0.132. The molecule has 0 bridgehead atoms. The molecule has 0 amide bonds. The van der Waals surface area contributed by atoms with Crippen molar-refractivity contribution in [2.24, 2.45) is 0 Å². The summed E-state index contributed by atoms with van der Waals surface area (Å²) in [4.78, 5) is 0. The Labute approximate surface area is 177 Å². The van der Waals surface area contributed by atoms with Crippen molar-refractivity contribution in [3.63, 3.8) is 0 Å². The second-order valence-corrected chi connectivity index (χ2v) is 4.73. The third-order valence-electron chi connectivity index (χ3n) is 3.32. The molecule has 2 heteroatoms. The zero-order valence-corrected chi connectivity index (χ0v) is 17.8. The zero-order valence-electron chi connectivity index (χ0n) is 12.1. The van der Waals surface area contributed by atoms with Gasteiger partial charge in [-0.05, 0) is 23.6 Å². The van der Waals surface area contributed by atoms with Crippen molar-refractivity contribution in [2.45, 2.75) is 6.92 Å². The second kappa shape index (κ2) is 9.11. The number of rotatable bonds is 2. The van der Waals surface area contributed by atoms with Crippen molar-refractivity contribution in [2.75, 3.05) is 0 Å². The Morgan fingerprint density at radius 1 is 0.524 bits per heavy atom. The third-order valence-corrected chi connectivity index (χ3v) is 3.32. The summed E-state index contributed by atoms with van der Waals surface area (Å²) in [5.41, 5.74) is 6.28. The Bertz CT molecular complexity index is 656. The monoisotopic (exact) mass is 421 g/mol. The smallest absolute Gasteiger partial charge is 0 e. The molecule has 21 heavy (non-hydrogen) atoms. The minimum Gasteiger partial charge on any atom is -0.184 e. The van der Waals surface area contributed by atoms with E-state index in [1.807, 2.05) is 12.1 Å². The molecule has 0 aliphatic heterocycles. The van der Waals surface area contributed by atoms with Gasteiger partial charge in [-0.15, -0.1) is 5.56 Å². The van der Waals surface area contributed by atoms with E-state index in [-0.39, 0.29) is 65.4 Å². The van der Waals surface area contributed by atoms with Gasteiger partial charge < -0.3 is 0 Å². The SMILES string of the molecule is Cc1ccc(-c2ccc(-c3cc[c-]cc3)cc2)cc1.[Y].[Y]. The fourth-order valence-electron chi connectivity index (χ4n) is 2.18. The first-order chi connectivity index (χ1) is 9.33. The van der Waals surface area contributed by atoms with Gasteiger partial charge in [0, 0.05) is 65.4 Å². The topological polar surface area (TPSA) is 0 Å². The van der Waals surface area contributed by atoms with Crippen LogP contribution in [0.3, 0.4) is 0 Å². The molecule has 3 aromatic rings. The van der Waals surface area contributed by atoms with Crippen molar-refractivity contribution in [3.05, 3.63) is 84.4 Å². The summed E-state index contributed by atoms with van der Waals surface area (Å²) in [5, 5.41) is 0. The van der Waals surface area contributed by atoms with Gasteiger partial charge in [-0.3, -0.25) is 0 Å². The fourth-order valence-corrected chi connectivity index (χ4v) is 2.18. The van der Waals surface area contributed by atoms with Gasteiger partial charge in [-0.2, -0.15) is 30.3 Å². The largest absolute Gasteiger partial charge is 0.184 e. The normalized spacial score (nSPS) is 9.38. The molecule has 0 aliphatic rings. The van der Waals surface area contributed by atoms with Crippen LogP contribution in [0.2, 0.25) is 0 Å². The van der Waals surface area contributed by atoms with Gasteiger partial charge in [0.15, 0.2) is 0 Å². The number of hydrogen-bond acceptors (Lipinski definition) is 0. The molecular weight excluding hydrogens is 406 g/mol. The average Bonchev–Trinajstić information content (AvgIpc) is 2.49. The van der Waals surface area contributed by atoms with E-state index >= 15 is 0 Å². The maximum Gasteiger partial charge on any atom is 0 e. The quantitative estimate of drug-likeness (QED) is 0.504. The van der Waals surface area contributed by atoms with Crippen LogP contribution in [0.1, 0.15) is 5.56 Å². The Kier molecular flexibility index (Phi) is 8.20. The number of hydrogen-bond donors (Lipinski definition) is 0. The first kappa shape index (κ1) is 18.9. The average molecular weight is 421 g/mol. The summed E-state index contributed by atoms with van der Waals surface area (Å²) in [6.45, 7) is 2.11. The van der Waals surface area contributed by atoms with Crippen molar-refractivity contribution >= 4 is 0 Å². The van der Waals surface area contributed by atoms with E-state index < -0.39 is 0 Å². The molecule has 0 fully saturated rings. The molecule has 98 valence electrons. The molecule has 0 N–H and O–H groups in total. The van der Waals surface area contributed by atoms with E-state index in [0.29, 0.717) is 0 Å². The van der Waals surface area contributed by atoms with Gasteiger partial charge >= 0.3 is 0 Å². The molecule has 0 nitrogen and oxygen atoms in total. The van der Waals surface area contributed by atoms with Gasteiger partial charge in [0.25, 0.3) is 0 Å². The molecule has 3 aromatic carbocycles. The molecule has 0 saturated heterocycles. The van der Waals surface area contributed by atoms with Crippen LogP contribution < -0.4 is 0 Å². The first-order valence-corrected chi connectivity index (χ1v) is 6.46. The van der Waals surface area contributed by atoms with Crippen LogP contribution in [0.25, 0.3) is 22.3 Å². The molecule has 2 radical (unpaired) electrons. The predicted molar refractivity (Wildman–Crippen MR) is 80.9 cm³/mol. The second-order valence-electron chi connectivity index (χ2n) is 4.73. The zero-order chi connectivity index (χ0) is 13.1. The number of benzene rings is 3. The molecule has 0 aliphatic carbocycles. The molecule has 3 rings (SSSR count). The standard InChI is InChI=1S/C19H15.2Y/c1-15-7-9-17(10-8-15)19-13-11-18(12-14-19)16-5-3-2-4-6-16;;/h3-14H,1H3;;/q-1;;. The Morgan fingerprint density at radius 3 is 1.29 bits per heavy atom. The maximum absolute atomic E-state index is 3.05. The summed E-state index contributed by atoms with van der Waals surface area (Å²) in [6, 6.07) is 28.4. The van der Waals surface area contributed by atoms with Crippen molar-refractivity contribution in [1.82, 2.24) is 0 Å². The van der Waals surface area contributed by atoms with Crippen molar-refractivity contribution in [3.8, 4) is 22.3 Å². The van der Waals surface area contributed by atoms with Crippen molar-refractivity contribution < 1.29 is 65.4 Å². The van der Waals surface area contributed by atoms with Gasteiger partial charge in [-0.1, -0.05) is 54.1 Å². The third kappa shape index (κ3) is 4.93. The van der Waals surface area contributed by atoms with Crippen LogP contribution in [-0.4, -0.2) is 0 Å². The van der Waals surface area contributed by atoms with Crippen molar-refractivity contribution in [1.29, 1.82) is 0 Å². The van der Waals surface area contributed by atoms with Gasteiger partial charge in [0.1, 0.15) is 0 Å². The minimum atomic E-state index is 0. The maximum atomic E-state index is 3.05. The van der Waals surface area contributed by atoms with Crippen LogP contribution in [0.5, 0.6) is 0 Å². The molecule has 0 saturated carbocycles. The van der Waals surface area contributed by atoms with Gasteiger partial charge in [-0.25, -0.2) is 0 Å². The molecule has 0 unspecified atom stereocenters. The van der Waals surface area contributed by atoms with Crippen LogP contribution in [0.4, 0.5) is 0 Å². The van der Waals surface area contributed by atoms with E-state index in [1.54, 1.807) is 0 Å². The molecule has 0 aromatic heterocycles. The van der Waals surface area contributed by atoms with E-state index in [0.717, 1.165) is 0 Å². The summed E-state index contributed by atoms with van der Waals surface area (Å²) in [6.07, 6.45) is 0. The van der Waals surface area contributed by atoms with Crippen LogP contribution in [-0.2, 0) is 65.4 Å². The minimum absolute atomic E-state index is 0. The van der Waals surface area contributed by atoms with Crippen LogP contribution >= 0.6 is 0 Å². The molecule has 0 atom stereocenters. The Balaban J connectivity index is 0.00000110. The summed E-state index contributed by atoms with van der Waals surface area (Å²) in [7, 11) is 0. The first-order valence-electron chi connectivity index (χ1n) is 6.46. The Morgan fingerprint density at radius 2 is 0.857 bits per heavy atom. The summed E-state index contributed by atoms with van der Waals surface area (Å²) >= 11 is 0. The summed E-state index contributed by atoms with van der Waals surface area (Å²) in [5.74, 6) is 0. The predicted octanol–water partition coefficient (Wildman–Crippen LogP) is 5.12. The van der Waals surface area contributed by atoms with Crippen LogP contribution in [0.15, 0.2) is 72.8 Å². The molecular formula is C19H15Y2-. The molecule has 0 heterocycles. The van der Waals surface area contributed by atoms with Gasteiger partial charge in [0.2, 0.25) is 0 Å².